The van der Waals surface area contributed by atoms with Gasteiger partial charge in [0.2, 0.25) is 15.9 Å². The van der Waals surface area contributed by atoms with Gasteiger partial charge in [0, 0.05) is 39.3 Å². The fourth-order valence-corrected chi connectivity index (χ4v) is 7.32. The average Bonchev–Trinajstić information content (AvgIpc) is 2.83. The number of ether oxygens (including phenoxy) is 1. The van der Waals surface area contributed by atoms with Gasteiger partial charge in [0.05, 0.1) is 23.6 Å². The first kappa shape index (κ1) is 24.5. The molecule has 1 amide bonds. The number of hydrogen-bond acceptors (Lipinski definition) is 5. The van der Waals surface area contributed by atoms with Crippen LogP contribution in [0.1, 0.15) is 29.5 Å². The number of carbonyl (C=O) groups is 1. The number of anilines is 1. The van der Waals surface area contributed by atoms with Gasteiger partial charge in [-0.05, 0) is 56.9 Å². The van der Waals surface area contributed by atoms with Crippen molar-refractivity contribution in [3.8, 4) is 5.75 Å². The van der Waals surface area contributed by atoms with Crippen molar-refractivity contribution in [2.75, 3.05) is 51.3 Å². The molecule has 184 valence electrons. The molecule has 7 nitrogen and oxygen atoms in total. The summed E-state index contributed by atoms with van der Waals surface area (Å²) < 4.78 is 34.1. The van der Waals surface area contributed by atoms with E-state index >= 15 is 0 Å². The minimum atomic E-state index is -3.65. The Morgan fingerprint density at radius 1 is 0.971 bits per heavy atom. The second-order valence-corrected chi connectivity index (χ2v) is 11.3. The summed E-state index contributed by atoms with van der Waals surface area (Å²) in [4.78, 5) is 17.9. The zero-order valence-corrected chi connectivity index (χ0v) is 21.4. The maximum atomic E-state index is 13.5. The summed E-state index contributed by atoms with van der Waals surface area (Å²) in [7, 11) is -1.98. The van der Waals surface area contributed by atoms with Gasteiger partial charge in [-0.1, -0.05) is 29.8 Å². The van der Waals surface area contributed by atoms with E-state index < -0.39 is 10.0 Å². The fourth-order valence-electron chi connectivity index (χ4n) is 5.38. The number of methoxy groups -OCH3 is 1. The van der Waals surface area contributed by atoms with E-state index in [0.29, 0.717) is 31.0 Å². The molecular weight excluding hydrogens is 450 g/mol. The van der Waals surface area contributed by atoms with E-state index in [4.69, 9.17) is 4.74 Å². The van der Waals surface area contributed by atoms with E-state index in [0.717, 1.165) is 47.6 Å². The molecule has 0 bridgehead atoms. The summed E-state index contributed by atoms with van der Waals surface area (Å²) in [6, 6.07) is 11.7. The average molecular weight is 486 g/mol. The number of amides is 1. The highest BCUT2D eigenvalue weighted by Gasteiger charge is 2.37. The van der Waals surface area contributed by atoms with Gasteiger partial charge in [0.15, 0.2) is 0 Å². The highest BCUT2D eigenvalue weighted by atomic mass is 32.2. The molecule has 34 heavy (non-hydrogen) atoms. The van der Waals surface area contributed by atoms with Crippen LogP contribution < -0.4 is 9.64 Å². The summed E-state index contributed by atoms with van der Waals surface area (Å²) in [6.45, 7) is 9.07. The molecule has 0 radical (unpaired) electrons. The van der Waals surface area contributed by atoms with Gasteiger partial charge in [0.1, 0.15) is 5.75 Å². The number of piperidine rings is 1. The summed E-state index contributed by atoms with van der Waals surface area (Å²) in [5.74, 6) is 0.599. The molecule has 0 spiro atoms. The fraction of sp³-hybridized carbons (Fsp3) is 0.500. The van der Waals surface area contributed by atoms with Crippen LogP contribution in [0.25, 0.3) is 0 Å². The Labute approximate surface area is 203 Å². The maximum absolute atomic E-state index is 13.5. The molecule has 0 saturated carbocycles. The van der Waals surface area contributed by atoms with Gasteiger partial charge in [0.25, 0.3) is 0 Å². The van der Waals surface area contributed by atoms with Crippen LogP contribution in [0.15, 0.2) is 41.3 Å². The molecule has 1 atom stereocenters. The molecule has 4 rings (SSSR count). The first-order chi connectivity index (χ1) is 16.2. The third-order valence-corrected chi connectivity index (χ3v) is 9.12. The van der Waals surface area contributed by atoms with E-state index in [1.807, 2.05) is 62.1 Å². The lowest BCUT2D eigenvalue weighted by Gasteiger charge is -2.39. The Hall–Kier alpha value is -2.58. The van der Waals surface area contributed by atoms with Crippen LogP contribution in [-0.2, 0) is 14.8 Å². The molecule has 0 unspecified atom stereocenters. The van der Waals surface area contributed by atoms with E-state index in [1.165, 1.54) is 4.31 Å². The van der Waals surface area contributed by atoms with Crippen LogP contribution >= 0.6 is 0 Å². The number of benzene rings is 2. The smallest absolute Gasteiger partial charge is 0.243 e. The number of aryl methyl sites for hydroxylation is 3. The monoisotopic (exact) mass is 485 g/mol. The van der Waals surface area contributed by atoms with Gasteiger partial charge in [-0.2, -0.15) is 4.31 Å². The van der Waals surface area contributed by atoms with Crippen LogP contribution in [0.5, 0.6) is 5.75 Å². The number of hydrogen-bond donors (Lipinski definition) is 0. The van der Waals surface area contributed by atoms with Crippen molar-refractivity contribution in [3.63, 3.8) is 0 Å². The van der Waals surface area contributed by atoms with Crippen molar-refractivity contribution in [1.29, 1.82) is 0 Å². The predicted octanol–water partition coefficient (Wildman–Crippen LogP) is 3.37. The number of piperazine rings is 1. The quantitative estimate of drug-likeness (QED) is 0.650. The van der Waals surface area contributed by atoms with Crippen molar-refractivity contribution in [1.82, 2.24) is 9.21 Å². The summed E-state index contributed by atoms with van der Waals surface area (Å²) in [6.07, 6.45) is 1.42. The van der Waals surface area contributed by atoms with Gasteiger partial charge in [-0.3, -0.25) is 4.79 Å². The molecule has 0 aliphatic carbocycles. The van der Waals surface area contributed by atoms with Crippen molar-refractivity contribution in [2.24, 2.45) is 5.92 Å². The predicted molar refractivity (Wildman–Crippen MR) is 134 cm³/mol. The third kappa shape index (κ3) is 4.79. The largest absolute Gasteiger partial charge is 0.495 e. The zero-order valence-electron chi connectivity index (χ0n) is 20.6. The lowest BCUT2D eigenvalue weighted by molar-refractivity contribution is -0.137. The molecule has 2 aliphatic heterocycles. The van der Waals surface area contributed by atoms with Crippen LogP contribution in [-0.4, -0.2) is 69.9 Å². The Morgan fingerprint density at radius 3 is 2.26 bits per heavy atom. The second-order valence-electron chi connectivity index (χ2n) is 9.41. The SMILES string of the molecule is COc1ccccc1N1CCN(C(=O)[C@H]2CCCN(S(=O)(=O)c3c(C)cc(C)cc3C)C2)CC1. The molecule has 0 N–H and O–H groups in total. The first-order valence-electron chi connectivity index (χ1n) is 12.0. The number of rotatable bonds is 5. The number of carbonyl (C=O) groups excluding carboxylic acids is 1. The van der Waals surface area contributed by atoms with Gasteiger partial charge >= 0.3 is 0 Å². The highest BCUT2D eigenvalue weighted by molar-refractivity contribution is 7.89. The summed E-state index contributed by atoms with van der Waals surface area (Å²) >= 11 is 0. The maximum Gasteiger partial charge on any atom is 0.243 e. The van der Waals surface area contributed by atoms with E-state index in [9.17, 15) is 13.2 Å². The zero-order chi connectivity index (χ0) is 24.5. The molecular formula is C26H35N3O4S. The number of sulfonamides is 1. The molecule has 2 aromatic carbocycles. The Kier molecular flexibility index (Phi) is 7.19. The van der Waals surface area contributed by atoms with Crippen molar-refractivity contribution in [2.45, 2.75) is 38.5 Å². The lowest BCUT2D eigenvalue weighted by atomic mass is 9.97. The lowest BCUT2D eigenvalue weighted by Crippen LogP contribution is -2.53. The molecule has 2 aromatic rings. The van der Waals surface area contributed by atoms with Gasteiger partial charge in [-0.15, -0.1) is 0 Å². The molecule has 2 fully saturated rings. The van der Waals surface area contributed by atoms with E-state index in [1.54, 1.807) is 7.11 Å². The minimum absolute atomic E-state index is 0.0666. The van der Waals surface area contributed by atoms with Gasteiger partial charge < -0.3 is 14.5 Å². The number of para-hydroxylation sites is 2. The highest BCUT2D eigenvalue weighted by Crippen LogP contribution is 2.31. The van der Waals surface area contributed by atoms with Crippen molar-refractivity contribution in [3.05, 3.63) is 53.1 Å². The van der Waals surface area contributed by atoms with Gasteiger partial charge in [-0.25, -0.2) is 8.42 Å². The van der Waals surface area contributed by atoms with Crippen LogP contribution in [0.2, 0.25) is 0 Å². The van der Waals surface area contributed by atoms with E-state index in [-0.39, 0.29) is 18.4 Å². The van der Waals surface area contributed by atoms with Crippen LogP contribution in [0.3, 0.4) is 0 Å². The molecule has 2 heterocycles. The number of nitrogens with zero attached hydrogens (tertiary/aromatic N) is 3. The normalized spacial score (nSPS) is 19.8. The third-order valence-electron chi connectivity index (χ3n) is 6.95. The topological polar surface area (TPSA) is 70.2 Å². The van der Waals surface area contributed by atoms with Crippen molar-refractivity contribution >= 4 is 21.6 Å². The molecule has 8 heteroatoms. The molecule has 2 aliphatic rings. The molecule has 2 saturated heterocycles. The summed E-state index contributed by atoms with van der Waals surface area (Å²) in [5.41, 5.74) is 3.61. The molecule has 0 aromatic heterocycles. The standard InChI is InChI=1S/C26H35N3O4S/c1-19-16-20(2)25(21(3)17-19)34(31,32)29-11-7-8-22(18-29)26(30)28-14-12-27(13-15-28)23-9-5-6-10-24(23)33-4/h5-6,9-10,16-17,22H,7-8,11-15,18H2,1-4H3/t22-/m0/s1. The summed E-state index contributed by atoms with van der Waals surface area (Å²) in [5, 5.41) is 0. The van der Waals surface area contributed by atoms with Crippen LogP contribution in [0, 0.1) is 26.7 Å². The van der Waals surface area contributed by atoms with E-state index in [2.05, 4.69) is 4.90 Å². The Bertz CT molecular complexity index is 1130. The van der Waals surface area contributed by atoms with Crippen molar-refractivity contribution < 1.29 is 17.9 Å². The Balaban J connectivity index is 1.43. The Morgan fingerprint density at radius 2 is 1.62 bits per heavy atom. The second kappa shape index (κ2) is 9.96. The minimum Gasteiger partial charge on any atom is -0.495 e. The van der Waals surface area contributed by atoms with Crippen LogP contribution in [0.4, 0.5) is 5.69 Å². The first-order valence-corrected chi connectivity index (χ1v) is 13.4.